The SMILES string of the molecule is CC[C@]12C[C@H]1CN(C(=O)c1nc(-c3ccccc3)no1)C2. The van der Waals surface area contributed by atoms with Crippen molar-refractivity contribution in [1.29, 1.82) is 0 Å². The van der Waals surface area contributed by atoms with Crippen molar-refractivity contribution in [3.8, 4) is 11.4 Å². The molecule has 0 spiro atoms. The van der Waals surface area contributed by atoms with Crippen molar-refractivity contribution in [2.75, 3.05) is 13.1 Å². The summed E-state index contributed by atoms with van der Waals surface area (Å²) in [6.07, 6.45) is 2.40. The first-order chi connectivity index (χ1) is 10.2. The standard InChI is InChI=1S/C16H17N3O2/c1-2-16-8-12(16)9-19(10-16)15(20)14-17-13(18-21-14)11-6-4-3-5-7-11/h3-7,12H,2,8-10H2,1H3/t12-,16+/m0/s1. The molecule has 0 N–H and O–H groups in total. The van der Waals surface area contributed by atoms with Gasteiger partial charge < -0.3 is 9.42 Å². The molecule has 1 aliphatic heterocycles. The van der Waals surface area contributed by atoms with Crippen molar-refractivity contribution in [2.24, 2.45) is 11.3 Å². The van der Waals surface area contributed by atoms with Crippen LogP contribution in [0.4, 0.5) is 0 Å². The number of carbonyl (C=O) groups is 1. The Morgan fingerprint density at radius 1 is 1.43 bits per heavy atom. The second-order valence-corrected chi connectivity index (χ2v) is 6.09. The lowest BCUT2D eigenvalue weighted by Crippen LogP contribution is -2.32. The molecule has 21 heavy (non-hydrogen) atoms. The summed E-state index contributed by atoms with van der Waals surface area (Å²) in [5.74, 6) is 1.10. The number of hydrogen-bond acceptors (Lipinski definition) is 4. The highest BCUT2D eigenvalue weighted by Crippen LogP contribution is 2.59. The Hall–Kier alpha value is -2.17. The van der Waals surface area contributed by atoms with Crippen LogP contribution in [-0.4, -0.2) is 34.0 Å². The Morgan fingerprint density at radius 3 is 2.95 bits per heavy atom. The summed E-state index contributed by atoms with van der Waals surface area (Å²) in [5.41, 5.74) is 1.23. The van der Waals surface area contributed by atoms with Gasteiger partial charge in [0.1, 0.15) is 0 Å². The molecule has 1 saturated heterocycles. The van der Waals surface area contributed by atoms with Crippen molar-refractivity contribution >= 4 is 5.91 Å². The number of nitrogens with zero attached hydrogens (tertiary/aromatic N) is 3. The zero-order chi connectivity index (χ0) is 14.4. The maximum absolute atomic E-state index is 12.4. The summed E-state index contributed by atoms with van der Waals surface area (Å²) >= 11 is 0. The molecule has 4 rings (SSSR count). The fraction of sp³-hybridized carbons (Fsp3) is 0.438. The molecule has 1 saturated carbocycles. The Labute approximate surface area is 123 Å². The third-order valence-corrected chi connectivity index (χ3v) is 4.94. The fourth-order valence-corrected chi connectivity index (χ4v) is 3.44. The molecule has 1 aliphatic carbocycles. The largest absolute Gasteiger partial charge is 0.334 e. The monoisotopic (exact) mass is 283 g/mol. The van der Waals surface area contributed by atoms with Crippen molar-refractivity contribution in [3.05, 3.63) is 36.2 Å². The molecule has 2 heterocycles. The fourth-order valence-electron chi connectivity index (χ4n) is 3.44. The molecule has 1 amide bonds. The second kappa shape index (κ2) is 4.41. The average molecular weight is 283 g/mol. The van der Waals surface area contributed by atoms with Crippen LogP contribution >= 0.6 is 0 Å². The molecule has 108 valence electrons. The van der Waals surface area contributed by atoms with Crippen LogP contribution in [0.1, 0.15) is 30.5 Å². The highest BCUT2D eigenvalue weighted by Gasteiger charge is 2.59. The van der Waals surface area contributed by atoms with Gasteiger partial charge in [-0.3, -0.25) is 4.79 Å². The Balaban J connectivity index is 1.53. The quantitative estimate of drug-likeness (QED) is 0.868. The average Bonchev–Trinajstić information content (AvgIpc) is 2.93. The van der Waals surface area contributed by atoms with E-state index in [1.165, 1.54) is 6.42 Å². The number of carbonyl (C=O) groups excluding carboxylic acids is 1. The van der Waals surface area contributed by atoms with E-state index in [0.717, 1.165) is 25.1 Å². The van der Waals surface area contributed by atoms with Crippen LogP contribution in [0.5, 0.6) is 0 Å². The smallest absolute Gasteiger partial charge is 0.316 e. The molecule has 5 nitrogen and oxygen atoms in total. The van der Waals surface area contributed by atoms with Crippen LogP contribution in [-0.2, 0) is 0 Å². The van der Waals surface area contributed by atoms with Gasteiger partial charge in [0.05, 0.1) is 0 Å². The Bertz CT molecular complexity index is 678. The van der Waals surface area contributed by atoms with E-state index in [0.29, 0.717) is 17.2 Å². The lowest BCUT2D eigenvalue weighted by atomic mass is 10.0. The second-order valence-electron chi connectivity index (χ2n) is 6.09. The number of benzene rings is 1. The first-order valence-electron chi connectivity index (χ1n) is 7.40. The molecule has 2 fully saturated rings. The van der Waals surface area contributed by atoms with E-state index in [-0.39, 0.29) is 11.8 Å². The first-order valence-corrected chi connectivity index (χ1v) is 7.40. The molecule has 5 heteroatoms. The van der Waals surface area contributed by atoms with Crippen LogP contribution in [0.2, 0.25) is 0 Å². The van der Waals surface area contributed by atoms with Crippen molar-refractivity contribution in [2.45, 2.75) is 19.8 Å². The zero-order valence-electron chi connectivity index (χ0n) is 12.0. The van der Waals surface area contributed by atoms with Crippen molar-refractivity contribution in [1.82, 2.24) is 15.0 Å². The normalized spacial score (nSPS) is 26.7. The first kappa shape index (κ1) is 12.6. The Kier molecular flexibility index (Phi) is 2.64. The maximum Gasteiger partial charge on any atom is 0.316 e. The summed E-state index contributed by atoms with van der Waals surface area (Å²) in [6, 6.07) is 9.54. The van der Waals surface area contributed by atoms with Gasteiger partial charge >= 0.3 is 11.8 Å². The number of amides is 1. The van der Waals surface area contributed by atoms with E-state index in [1.807, 2.05) is 35.2 Å². The third-order valence-electron chi connectivity index (χ3n) is 4.94. The van der Waals surface area contributed by atoms with Crippen LogP contribution in [0.15, 0.2) is 34.9 Å². The van der Waals surface area contributed by atoms with Gasteiger partial charge in [0.25, 0.3) is 0 Å². The summed E-state index contributed by atoms with van der Waals surface area (Å²) in [7, 11) is 0. The van der Waals surface area contributed by atoms with E-state index >= 15 is 0 Å². The van der Waals surface area contributed by atoms with Gasteiger partial charge in [0.15, 0.2) is 0 Å². The predicted molar refractivity (Wildman–Crippen MR) is 76.5 cm³/mol. The van der Waals surface area contributed by atoms with E-state index in [9.17, 15) is 4.79 Å². The minimum Gasteiger partial charge on any atom is -0.334 e. The number of likely N-dealkylation sites (tertiary alicyclic amines) is 1. The molecule has 2 aromatic rings. The van der Waals surface area contributed by atoms with E-state index < -0.39 is 0 Å². The summed E-state index contributed by atoms with van der Waals surface area (Å²) in [6.45, 7) is 3.86. The summed E-state index contributed by atoms with van der Waals surface area (Å²) in [5, 5.41) is 3.91. The molecule has 0 bridgehead atoms. The van der Waals surface area contributed by atoms with E-state index in [1.54, 1.807) is 0 Å². The minimum absolute atomic E-state index is 0.0985. The maximum atomic E-state index is 12.4. The third kappa shape index (κ3) is 1.95. The van der Waals surface area contributed by atoms with Crippen LogP contribution in [0.25, 0.3) is 11.4 Å². The summed E-state index contributed by atoms with van der Waals surface area (Å²) in [4.78, 5) is 18.6. The number of rotatable bonds is 3. The molecule has 0 unspecified atom stereocenters. The minimum atomic E-state index is -0.135. The van der Waals surface area contributed by atoms with Crippen molar-refractivity contribution < 1.29 is 9.32 Å². The topological polar surface area (TPSA) is 59.2 Å². The number of aromatic nitrogens is 2. The number of hydrogen-bond donors (Lipinski definition) is 0. The highest BCUT2D eigenvalue weighted by atomic mass is 16.5. The molecule has 1 aromatic heterocycles. The lowest BCUT2D eigenvalue weighted by molar-refractivity contribution is 0.0714. The lowest BCUT2D eigenvalue weighted by Gasteiger charge is -2.18. The van der Waals surface area contributed by atoms with E-state index in [4.69, 9.17) is 4.52 Å². The van der Waals surface area contributed by atoms with Gasteiger partial charge in [0, 0.05) is 18.7 Å². The highest BCUT2D eigenvalue weighted by molar-refractivity contribution is 5.90. The van der Waals surface area contributed by atoms with Gasteiger partial charge in [-0.2, -0.15) is 4.98 Å². The van der Waals surface area contributed by atoms with Crippen LogP contribution in [0, 0.1) is 11.3 Å². The molecular weight excluding hydrogens is 266 g/mol. The van der Waals surface area contributed by atoms with Gasteiger partial charge in [0.2, 0.25) is 5.82 Å². The van der Waals surface area contributed by atoms with Gasteiger partial charge in [-0.25, -0.2) is 0 Å². The molecular formula is C16H17N3O2. The van der Waals surface area contributed by atoms with Gasteiger partial charge in [-0.05, 0) is 24.2 Å². The van der Waals surface area contributed by atoms with Crippen LogP contribution < -0.4 is 0 Å². The molecule has 2 atom stereocenters. The number of fused-ring (bicyclic) bond motifs is 1. The zero-order valence-corrected chi connectivity index (χ0v) is 12.0. The molecule has 2 aliphatic rings. The molecule has 1 aromatic carbocycles. The van der Waals surface area contributed by atoms with Gasteiger partial charge in [-0.15, -0.1) is 0 Å². The van der Waals surface area contributed by atoms with Crippen LogP contribution in [0.3, 0.4) is 0 Å². The predicted octanol–water partition coefficient (Wildman–Crippen LogP) is 2.61. The number of piperidine rings is 1. The van der Waals surface area contributed by atoms with Crippen molar-refractivity contribution in [3.63, 3.8) is 0 Å². The molecule has 0 radical (unpaired) electrons. The van der Waals surface area contributed by atoms with E-state index in [2.05, 4.69) is 17.1 Å². The van der Waals surface area contributed by atoms with Gasteiger partial charge in [-0.1, -0.05) is 42.4 Å². The Morgan fingerprint density at radius 2 is 2.24 bits per heavy atom. The summed E-state index contributed by atoms with van der Waals surface area (Å²) < 4.78 is 5.16.